The molecule has 0 bridgehead atoms. The first-order valence-electron chi connectivity index (χ1n) is 12.2. The largest absolute Gasteiger partial charge is 0.208 e. The SMILES string of the molecule is Clc1cc(Cl)cc(-c2cc(-c3ccccc3)cc(-c3nc(-c4ccccc4)nc(-c4ccccc4)n3)c2)c1. The Morgan fingerprint density at radius 3 is 1.13 bits per heavy atom. The van der Waals surface area contributed by atoms with Gasteiger partial charge in [-0.2, -0.15) is 0 Å². The molecule has 0 spiro atoms. The van der Waals surface area contributed by atoms with E-state index in [1.54, 1.807) is 6.07 Å². The topological polar surface area (TPSA) is 38.7 Å². The Hall–Kier alpha value is -4.31. The van der Waals surface area contributed by atoms with Crippen LogP contribution in [0.25, 0.3) is 56.4 Å². The molecule has 0 aliphatic carbocycles. The Bertz CT molecular complexity index is 1640. The maximum atomic E-state index is 6.37. The lowest BCUT2D eigenvalue weighted by atomic mass is 9.95. The smallest absolute Gasteiger partial charge is 0.164 e. The van der Waals surface area contributed by atoms with Crippen molar-refractivity contribution < 1.29 is 0 Å². The summed E-state index contributed by atoms with van der Waals surface area (Å²) in [5, 5.41) is 1.16. The zero-order chi connectivity index (χ0) is 25.9. The van der Waals surface area contributed by atoms with E-state index in [1.807, 2.05) is 91.0 Å². The molecule has 0 radical (unpaired) electrons. The first-order valence-corrected chi connectivity index (χ1v) is 12.9. The predicted octanol–water partition coefficient (Wildman–Crippen LogP) is 9.51. The highest BCUT2D eigenvalue weighted by atomic mass is 35.5. The minimum Gasteiger partial charge on any atom is -0.208 e. The molecule has 6 aromatic rings. The maximum absolute atomic E-state index is 6.37. The van der Waals surface area contributed by atoms with Crippen LogP contribution in [0.2, 0.25) is 10.0 Å². The highest BCUT2D eigenvalue weighted by molar-refractivity contribution is 6.35. The summed E-state index contributed by atoms with van der Waals surface area (Å²) in [4.78, 5) is 14.7. The molecule has 5 heteroatoms. The normalized spacial score (nSPS) is 10.9. The van der Waals surface area contributed by atoms with Crippen LogP contribution in [0.15, 0.2) is 127 Å². The van der Waals surface area contributed by atoms with E-state index in [0.717, 1.165) is 38.9 Å². The molecule has 0 unspecified atom stereocenters. The van der Waals surface area contributed by atoms with Crippen molar-refractivity contribution in [3.8, 4) is 56.4 Å². The molecule has 0 saturated heterocycles. The van der Waals surface area contributed by atoms with E-state index in [4.69, 9.17) is 38.2 Å². The van der Waals surface area contributed by atoms with E-state index < -0.39 is 0 Å². The lowest BCUT2D eigenvalue weighted by Crippen LogP contribution is -2.00. The third-order valence-corrected chi connectivity index (χ3v) is 6.63. The van der Waals surface area contributed by atoms with Crippen LogP contribution in [-0.4, -0.2) is 15.0 Å². The van der Waals surface area contributed by atoms with E-state index in [0.29, 0.717) is 27.5 Å². The highest BCUT2D eigenvalue weighted by Crippen LogP contribution is 2.35. The second-order valence-corrected chi connectivity index (χ2v) is 9.73. The van der Waals surface area contributed by atoms with Crippen LogP contribution in [0, 0.1) is 0 Å². The molecule has 3 nitrogen and oxygen atoms in total. The molecule has 1 heterocycles. The average Bonchev–Trinajstić information content (AvgIpc) is 2.97. The van der Waals surface area contributed by atoms with Crippen molar-refractivity contribution in [1.29, 1.82) is 0 Å². The molecule has 182 valence electrons. The fraction of sp³-hybridized carbons (Fsp3) is 0. The van der Waals surface area contributed by atoms with Gasteiger partial charge in [-0.1, -0.05) is 114 Å². The Kier molecular flexibility index (Phi) is 6.70. The lowest BCUT2D eigenvalue weighted by Gasteiger charge is -2.13. The van der Waals surface area contributed by atoms with Crippen molar-refractivity contribution >= 4 is 23.2 Å². The molecule has 6 rings (SSSR count). The molecule has 0 amide bonds. The van der Waals surface area contributed by atoms with Gasteiger partial charge in [0.1, 0.15) is 0 Å². The van der Waals surface area contributed by atoms with Crippen molar-refractivity contribution in [3.63, 3.8) is 0 Å². The third-order valence-electron chi connectivity index (χ3n) is 6.19. The minimum atomic E-state index is 0.581. The number of halogens is 2. The van der Waals surface area contributed by atoms with Crippen LogP contribution in [0.1, 0.15) is 0 Å². The molecule has 1 aromatic heterocycles. The number of hydrogen-bond donors (Lipinski definition) is 0. The number of rotatable bonds is 5. The van der Waals surface area contributed by atoms with Gasteiger partial charge in [0.25, 0.3) is 0 Å². The third kappa shape index (κ3) is 5.21. The number of aromatic nitrogens is 3. The molecule has 38 heavy (non-hydrogen) atoms. The molecular weight excluding hydrogens is 509 g/mol. The van der Waals surface area contributed by atoms with Gasteiger partial charge in [-0.05, 0) is 58.7 Å². The molecule has 0 aliphatic rings. The van der Waals surface area contributed by atoms with Gasteiger partial charge >= 0.3 is 0 Å². The van der Waals surface area contributed by atoms with Gasteiger partial charge in [0.05, 0.1) is 0 Å². The van der Waals surface area contributed by atoms with Crippen molar-refractivity contribution in [1.82, 2.24) is 15.0 Å². The van der Waals surface area contributed by atoms with Crippen LogP contribution in [0.3, 0.4) is 0 Å². The molecule has 5 aromatic carbocycles. The summed E-state index contributed by atoms with van der Waals surface area (Å²) in [5.74, 6) is 1.82. The second-order valence-electron chi connectivity index (χ2n) is 8.86. The van der Waals surface area contributed by atoms with Crippen molar-refractivity contribution in [3.05, 3.63) is 137 Å². The Labute approximate surface area is 231 Å². The first kappa shape index (κ1) is 24.1. The van der Waals surface area contributed by atoms with Gasteiger partial charge in [-0.15, -0.1) is 0 Å². The molecule has 0 fully saturated rings. The quantitative estimate of drug-likeness (QED) is 0.223. The van der Waals surface area contributed by atoms with Gasteiger partial charge in [0.2, 0.25) is 0 Å². The fourth-order valence-corrected chi connectivity index (χ4v) is 4.90. The first-order chi connectivity index (χ1) is 18.6. The van der Waals surface area contributed by atoms with Crippen LogP contribution in [-0.2, 0) is 0 Å². The zero-order valence-corrected chi connectivity index (χ0v) is 21.7. The van der Waals surface area contributed by atoms with Gasteiger partial charge in [0.15, 0.2) is 17.5 Å². The van der Waals surface area contributed by atoms with Gasteiger partial charge < -0.3 is 0 Å². The fourth-order valence-electron chi connectivity index (χ4n) is 4.38. The van der Waals surface area contributed by atoms with Gasteiger partial charge in [-0.25, -0.2) is 15.0 Å². The average molecular weight is 530 g/mol. The summed E-state index contributed by atoms with van der Waals surface area (Å²) in [6.07, 6.45) is 0. The zero-order valence-electron chi connectivity index (χ0n) is 20.2. The predicted molar refractivity (Wildman–Crippen MR) is 157 cm³/mol. The Morgan fingerprint density at radius 1 is 0.316 bits per heavy atom. The Morgan fingerprint density at radius 2 is 0.658 bits per heavy atom. The maximum Gasteiger partial charge on any atom is 0.164 e. The summed E-state index contributed by atoms with van der Waals surface area (Å²) < 4.78 is 0. The summed E-state index contributed by atoms with van der Waals surface area (Å²) in [5.41, 5.74) is 6.73. The molecule has 0 N–H and O–H groups in total. The van der Waals surface area contributed by atoms with E-state index >= 15 is 0 Å². The number of hydrogen-bond acceptors (Lipinski definition) is 3. The lowest BCUT2D eigenvalue weighted by molar-refractivity contribution is 1.07. The van der Waals surface area contributed by atoms with Crippen LogP contribution in [0.5, 0.6) is 0 Å². The molecule has 0 atom stereocenters. The molecule has 0 aliphatic heterocycles. The molecular formula is C33H21Cl2N3. The summed E-state index contributed by atoms with van der Waals surface area (Å²) >= 11 is 12.7. The van der Waals surface area contributed by atoms with Gasteiger partial charge in [-0.3, -0.25) is 0 Å². The van der Waals surface area contributed by atoms with Crippen molar-refractivity contribution in [2.45, 2.75) is 0 Å². The van der Waals surface area contributed by atoms with Crippen molar-refractivity contribution in [2.75, 3.05) is 0 Å². The van der Waals surface area contributed by atoms with Crippen LogP contribution in [0.4, 0.5) is 0 Å². The number of benzene rings is 5. The van der Waals surface area contributed by atoms with E-state index in [1.165, 1.54) is 0 Å². The van der Waals surface area contributed by atoms with Crippen molar-refractivity contribution in [2.24, 2.45) is 0 Å². The number of nitrogens with zero attached hydrogens (tertiary/aromatic N) is 3. The van der Waals surface area contributed by atoms with Crippen LogP contribution < -0.4 is 0 Å². The standard InChI is InChI=1S/C33H21Cl2N3/c34-29-19-27(20-30(35)21-29)26-16-25(22-10-4-1-5-11-22)17-28(18-26)33-37-31(23-12-6-2-7-13-23)36-32(38-33)24-14-8-3-9-15-24/h1-21H. The second kappa shape index (κ2) is 10.6. The summed E-state index contributed by atoms with van der Waals surface area (Å²) in [6.45, 7) is 0. The van der Waals surface area contributed by atoms with E-state index in [9.17, 15) is 0 Å². The van der Waals surface area contributed by atoms with Gasteiger partial charge in [0, 0.05) is 26.7 Å². The van der Waals surface area contributed by atoms with E-state index in [2.05, 4.69) is 30.3 Å². The summed E-state index contributed by atoms with van der Waals surface area (Å²) in [7, 11) is 0. The minimum absolute atomic E-state index is 0.581. The monoisotopic (exact) mass is 529 g/mol. The van der Waals surface area contributed by atoms with E-state index in [-0.39, 0.29) is 0 Å². The highest BCUT2D eigenvalue weighted by Gasteiger charge is 2.15. The molecule has 0 saturated carbocycles. The Balaban J connectivity index is 1.59. The summed E-state index contributed by atoms with van der Waals surface area (Å²) in [6, 6.07) is 42.1. The van der Waals surface area contributed by atoms with Crippen LogP contribution >= 0.6 is 23.2 Å².